The van der Waals surface area contributed by atoms with Crippen molar-refractivity contribution in [3.8, 4) is 0 Å². The smallest absolute Gasteiger partial charge is 0.240 e. The number of aromatic nitrogens is 2. The minimum atomic E-state index is -0.244. The average molecular weight is 414 g/mol. The Kier molecular flexibility index (Phi) is 6.18. The van der Waals surface area contributed by atoms with Crippen LogP contribution in [0.15, 0.2) is 71.1 Å². The summed E-state index contributed by atoms with van der Waals surface area (Å²) in [5, 5.41) is 10.1. The number of benzene rings is 2. The first-order valence-electron chi connectivity index (χ1n) is 9.97. The van der Waals surface area contributed by atoms with E-state index in [9.17, 15) is 9.59 Å². The van der Waals surface area contributed by atoms with Gasteiger partial charge in [-0.25, -0.2) is 10.9 Å². The highest BCUT2D eigenvalue weighted by atomic mass is 16.2. The van der Waals surface area contributed by atoms with E-state index in [1.165, 1.54) is 0 Å². The number of aromatic amines is 2. The third-order valence-corrected chi connectivity index (χ3v) is 4.84. The van der Waals surface area contributed by atoms with Crippen LogP contribution in [-0.2, 0) is 9.59 Å². The highest BCUT2D eigenvalue weighted by Crippen LogP contribution is 2.16. The van der Waals surface area contributed by atoms with Crippen LogP contribution in [0.3, 0.4) is 0 Å². The molecule has 0 fully saturated rings. The van der Waals surface area contributed by atoms with Crippen LogP contribution in [0.25, 0.3) is 21.8 Å². The molecule has 0 saturated heterocycles. The van der Waals surface area contributed by atoms with E-state index >= 15 is 0 Å². The SMILES string of the molecule is O=C(CCCC(=O)N/N=C/c1c[nH]c2ccccc12)N/N=C/c1c[nH]c2ccccc12. The molecule has 2 aromatic carbocycles. The lowest BCUT2D eigenvalue weighted by atomic mass is 10.2. The molecule has 0 unspecified atom stereocenters. The number of fused-ring (bicyclic) bond motifs is 2. The Morgan fingerprint density at radius 2 is 1.19 bits per heavy atom. The Morgan fingerprint density at radius 1 is 0.742 bits per heavy atom. The lowest BCUT2D eigenvalue weighted by molar-refractivity contribution is -0.122. The van der Waals surface area contributed by atoms with Gasteiger partial charge in [0, 0.05) is 58.2 Å². The van der Waals surface area contributed by atoms with E-state index in [1.807, 2.05) is 60.9 Å². The molecule has 0 aliphatic carbocycles. The fourth-order valence-electron chi connectivity index (χ4n) is 3.27. The molecular formula is C23H22N6O2. The van der Waals surface area contributed by atoms with Crippen molar-refractivity contribution in [3.05, 3.63) is 72.1 Å². The maximum atomic E-state index is 11.9. The van der Waals surface area contributed by atoms with Gasteiger partial charge in [-0.3, -0.25) is 9.59 Å². The lowest BCUT2D eigenvalue weighted by Gasteiger charge is -2.00. The molecule has 0 aliphatic heterocycles. The molecule has 0 saturated carbocycles. The molecule has 2 amide bonds. The largest absolute Gasteiger partial charge is 0.361 e. The molecule has 4 N–H and O–H groups in total. The second kappa shape index (κ2) is 9.53. The summed E-state index contributed by atoms with van der Waals surface area (Å²) in [7, 11) is 0. The van der Waals surface area contributed by atoms with Gasteiger partial charge in [-0.2, -0.15) is 10.2 Å². The monoisotopic (exact) mass is 414 g/mol. The van der Waals surface area contributed by atoms with Crippen LogP contribution < -0.4 is 10.9 Å². The average Bonchev–Trinajstić information content (AvgIpc) is 3.38. The number of para-hydroxylation sites is 2. The molecule has 4 rings (SSSR count). The van der Waals surface area contributed by atoms with Gasteiger partial charge in [0.1, 0.15) is 0 Å². The highest BCUT2D eigenvalue weighted by molar-refractivity contribution is 6.00. The Bertz CT molecular complexity index is 1170. The van der Waals surface area contributed by atoms with Crippen LogP contribution in [0.1, 0.15) is 30.4 Å². The van der Waals surface area contributed by atoms with E-state index < -0.39 is 0 Å². The minimum absolute atomic E-state index is 0.199. The maximum Gasteiger partial charge on any atom is 0.240 e. The summed E-state index contributed by atoms with van der Waals surface area (Å²) in [6.07, 6.45) is 7.67. The zero-order chi connectivity index (χ0) is 21.5. The fourth-order valence-corrected chi connectivity index (χ4v) is 3.27. The number of carbonyl (C=O) groups is 2. The number of nitrogens with one attached hydrogen (secondary N) is 4. The molecule has 8 heteroatoms. The van der Waals surface area contributed by atoms with E-state index in [-0.39, 0.29) is 24.7 Å². The molecule has 0 spiro atoms. The zero-order valence-corrected chi connectivity index (χ0v) is 16.8. The van der Waals surface area contributed by atoms with Crippen molar-refractivity contribution < 1.29 is 9.59 Å². The van der Waals surface area contributed by atoms with Crippen LogP contribution in [0.2, 0.25) is 0 Å². The van der Waals surface area contributed by atoms with Gasteiger partial charge < -0.3 is 9.97 Å². The minimum Gasteiger partial charge on any atom is -0.361 e. The van der Waals surface area contributed by atoms with E-state index in [2.05, 4.69) is 31.0 Å². The van der Waals surface area contributed by atoms with Crippen molar-refractivity contribution in [3.63, 3.8) is 0 Å². The molecule has 8 nitrogen and oxygen atoms in total. The maximum absolute atomic E-state index is 11.9. The van der Waals surface area contributed by atoms with Crippen molar-refractivity contribution >= 4 is 46.0 Å². The summed E-state index contributed by atoms with van der Waals surface area (Å²) < 4.78 is 0. The first-order chi connectivity index (χ1) is 15.2. The second-order valence-corrected chi connectivity index (χ2v) is 7.02. The summed E-state index contributed by atoms with van der Waals surface area (Å²) in [6.45, 7) is 0. The Morgan fingerprint density at radius 3 is 1.68 bits per heavy atom. The van der Waals surface area contributed by atoms with E-state index in [1.54, 1.807) is 12.4 Å². The standard InChI is InChI=1S/C23H22N6O2/c30-22(28-26-14-16-12-24-20-8-3-1-6-18(16)20)10-5-11-23(31)29-27-15-17-13-25-21-9-4-2-7-19(17)21/h1-4,6-9,12-15,24-25H,5,10-11H2,(H,28,30)(H,29,31)/b26-14+,27-15+. The normalized spacial score (nSPS) is 11.6. The van der Waals surface area contributed by atoms with Gasteiger partial charge in [-0.05, 0) is 18.6 Å². The van der Waals surface area contributed by atoms with E-state index in [4.69, 9.17) is 0 Å². The summed E-state index contributed by atoms with van der Waals surface area (Å²) in [5.74, 6) is -0.489. The van der Waals surface area contributed by atoms with Gasteiger partial charge in [-0.15, -0.1) is 0 Å². The van der Waals surface area contributed by atoms with Gasteiger partial charge in [0.25, 0.3) is 0 Å². The van der Waals surface area contributed by atoms with Crippen molar-refractivity contribution in [1.29, 1.82) is 0 Å². The number of carbonyl (C=O) groups excluding carboxylic acids is 2. The molecule has 4 aromatic rings. The topological polar surface area (TPSA) is 114 Å². The number of hydrazone groups is 2. The molecule has 156 valence electrons. The number of rotatable bonds is 8. The van der Waals surface area contributed by atoms with Crippen molar-refractivity contribution in [1.82, 2.24) is 20.8 Å². The first kappa shape index (κ1) is 20.1. The molecule has 0 atom stereocenters. The Balaban J connectivity index is 1.17. The van der Waals surface area contributed by atoms with Gasteiger partial charge in [-0.1, -0.05) is 36.4 Å². The molecular weight excluding hydrogens is 392 g/mol. The summed E-state index contributed by atoms with van der Waals surface area (Å²) in [4.78, 5) is 30.1. The Hall–Kier alpha value is -4.20. The fraction of sp³-hybridized carbons (Fsp3) is 0.130. The summed E-state index contributed by atoms with van der Waals surface area (Å²) in [5.41, 5.74) is 8.78. The highest BCUT2D eigenvalue weighted by Gasteiger charge is 2.05. The van der Waals surface area contributed by atoms with E-state index in [0.29, 0.717) is 6.42 Å². The van der Waals surface area contributed by atoms with Crippen molar-refractivity contribution in [2.45, 2.75) is 19.3 Å². The number of nitrogens with zero attached hydrogens (tertiary/aromatic N) is 2. The summed E-state index contributed by atoms with van der Waals surface area (Å²) in [6, 6.07) is 15.7. The second-order valence-electron chi connectivity index (χ2n) is 7.02. The van der Waals surface area contributed by atoms with Crippen molar-refractivity contribution in [2.75, 3.05) is 0 Å². The van der Waals surface area contributed by atoms with Crippen LogP contribution in [0, 0.1) is 0 Å². The number of hydrogen-bond donors (Lipinski definition) is 4. The van der Waals surface area contributed by atoms with Crippen LogP contribution in [0.4, 0.5) is 0 Å². The predicted octanol–water partition coefficient (Wildman–Crippen LogP) is 3.42. The van der Waals surface area contributed by atoms with Crippen LogP contribution >= 0.6 is 0 Å². The molecule has 31 heavy (non-hydrogen) atoms. The number of amides is 2. The third kappa shape index (κ3) is 5.05. The number of H-pyrrole nitrogens is 2. The molecule has 0 radical (unpaired) electrons. The lowest BCUT2D eigenvalue weighted by Crippen LogP contribution is -2.20. The first-order valence-corrected chi connectivity index (χ1v) is 9.97. The summed E-state index contributed by atoms with van der Waals surface area (Å²) >= 11 is 0. The molecule has 2 heterocycles. The van der Waals surface area contributed by atoms with Gasteiger partial charge >= 0.3 is 0 Å². The zero-order valence-electron chi connectivity index (χ0n) is 16.8. The van der Waals surface area contributed by atoms with Crippen LogP contribution in [-0.4, -0.2) is 34.2 Å². The third-order valence-electron chi connectivity index (χ3n) is 4.84. The molecule has 2 aromatic heterocycles. The van der Waals surface area contributed by atoms with Crippen LogP contribution in [0.5, 0.6) is 0 Å². The molecule has 0 bridgehead atoms. The number of hydrogen-bond acceptors (Lipinski definition) is 4. The molecule has 0 aliphatic rings. The van der Waals surface area contributed by atoms with Gasteiger partial charge in [0.05, 0.1) is 12.4 Å². The van der Waals surface area contributed by atoms with E-state index in [0.717, 1.165) is 32.9 Å². The van der Waals surface area contributed by atoms with Gasteiger partial charge in [0.15, 0.2) is 0 Å². The Labute approximate surface area is 178 Å². The predicted molar refractivity (Wildman–Crippen MR) is 122 cm³/mol. The van der Waals surface area contributed by atoms with Gasteiger partial charge in [0.2, 0.25) is 11.8 Å². The van der Waals surface area contributed by atoms with Crippen molar-refractivity contribution in [2.24, 2.45) is 10.2 Å². The quantitative estimate of drug-likeness (QED) is 0.261.